The molecular formula is C29H29ClN4O2S. The molecule has 0 unspecified atom stereocenters. The number of halogens is 1. The van der Waals surface area contributed by atoms with Crippen molar-refractivity contribution >= 4 is 46.0 Å². The summed E-state index contributed by atoms with van der Waals surface area (Å²) in [5.41, 5.74) is 3.76. The highest BCUT2D eigenvalue weighted by Gasteiger charge is 2.20. The Morgan fingerprint density at radius 2 is 1.86 bits per heavy atom. The van der Waals surface area contributed by atoms with Gasteiger partial charge in [0.15, 0.2) is 0 Å². The number of methoxy groups -OCH3 is 1. The summed E-state index contributed by atoms with van der Waals surface area (Å²) in [4.78, 5) is 23.1. The van der Waals surface area contributed by atoms with E-state index in [9.17, 15) is 4.79 Å². The molecule has 1 aromatic heterocycles. The molecule has 3 aromatic carbocycles. The molecule has 6 nitrogen and oxygen atoms in total. The van der Waals surface area contributed by atoms with Crippen LogP contribution in [-0.4, -0.2) is 54.0 Å². The topological polar surface area (TPSA) is 57.7 Å². The Kier molecular flexibility index (Phi) is 8.14. The van der Waals surface area contributed by atoms with Crippen LogP contribution in [0.3, 0.4) is 0 Å². The first-order chi connectivity index (χ1) is 18.1. The Morgan fingerprint density at radius 3 is 2.68 bits per heavy atom. The Morgan fingerprint density at radius 1 is 1.03 bits per heavy atom. The number of benzene rings is 3. The lowest BCUT2D eigenvalue weighted by molar-refractivity contribution is 0.0761. The third-order valence-corrected chi connectivity index (χ3v) is 7.69. The van der Waals surface area contributed by atoms with Crippen molar-refractivity contribution in [2.75, 3.05) is 38.0 Å². The number of rotatable bonds is 7. The number of nitrogens with zero attached hydrogens (tertiary/aromatic N) is 3. The van der Waals surface area contributed by atoms with E-state index >= 15 is 0 Å². The van der Waals surface area contributed by atoms with Crippen LogP contribution in [0.15, 0.2) is 83.9 Å². The summed E-state index contributed by atoms with van der Waals surface area (Å²) in [6.07, 6.45) is 2.74. The number of ether oxygens (including phenoxy) is 1. The quantitative estimate of drug-likeness (QED) is 0.279. The number of carbonyl (C=O) groups excluding carboxylic acids is 1. The lowest BCUT2D eigenvalue weighted by Gasteiger charge is -2.22. The largest absolute Gasteiger partial charge is 0.495 e. The summed E-state index contributed by atoms with van der Waals surface area (Å²) in [6, 6.07) is 23.8. The summed E-state index contributed by atoms with van der Waals surface area (Å²) in [6.45, 7) is 4.02. The van der Waals surface area contributed by atoms with Crippen LogP contribution in [0.25, 0.3) is 10.9 Å². The second-order valence-electron chi connectivity index (χ2n) is 9.00. The van der Waals surface area contributed by atoms with E-state index in [-0.39, 0.29) is 5.91 Å². The number of fused-ring (bicyclic) bond motifs is 1. The monoisotopic (exact) mass is 532 g/mol. The van der Waals surface area contributed by atoms with Crippen LogP contribution in [-0.2, 0) is 6.54 Å². The van der Waals surface area contributed by atoms with Crippen LogP contribution in [0.1, 0.15) is 22.3 Å². The molecule has 5 rings (SSSR count). The van der Waals surface area contributed by atoms with E-state index in [4.69, 9.17) is 16.3 Å². The number of hydrogen-bond acceptors (Lipinski definition) is 6. The van der Waals surface area contributed by atoms with Gasteiger partial charge in [0.25, 0.3) is 5.91 Å². The molecular weight excluding hydrogens is 504 g/mol. The molecule has 1 fully saturated rings. The summed E-state index contributed by atoms with van der Waals surface area (Å²) in [5, 5.41) is 1.73. The first kappa shape index (κ1) is 25.4. The number of anilines is 1. The Bertz CT molecular complexity index is 1380. The van der Waals surface area contributed by atoms with E-state index in [0.29, 0.717) is 22.9 Å². The third-order valence-electron chi connectivity index (χ3n) is 6.50. The van der Waals surface area contributed by atoms with Gasteiger partial charge in [-0.2, -0.15) is 0 Å². The summed E-state index contributed by atoms with van der Waals surface area (Å²) in [7, 11) is 1.62. The fourth-order valence-electron chi connectivity index (χ4n) is 4.53. The summed E-state index contributed by atoms with van der Waals surface area (Å²) >= 11 is 7.82. The molecule has 1 aliphatic rings. The van der Waals surface area contributed by atoms with Crippen LogP contribution < -0.4 is 9.46 Å². The van der Waals surface area contributed by atoms with Crippen molar-refractivity contribution in [1.82, 2.24) is 14.8 Å². The standard InChI is InChI=1S/C29H29ClN4O2S/c1-36-26-13-8-21(19-25(26)30)20-33-15-4-16-34(18-17-33)29(35)23-9-11-24(12-10-23)32-37-27-7-2-5-22-6-3-14-31-28(22)27/h2-3,5-14,19,32H,4,15-18,20H2,1H3. The smallest absolute Gasteiger partial charge is 0.253 e. The number of pyridine rings is 1. The van der Waals surface area contributed by atoms with Crippen molar-refractivity contribution in [3.63, 3.8) is 0 Å². The van der Waals surface area contributed by atoms with Crippen molar-refractivity contribution in [3.8, 4) is 5.75 Å². The summed E-state index contributed by atoms with van der Waals surface area (Å²) < 4.78 is 8.63. The van der Waals surface area contributed by atoms with Gasteiger partial charge in [0.2, 0.25) is 0 Å². The van der Waals surface area contributed by atoms with Crippen molar-refractivity contribution < 1.29 is 9.53 Å². The predicted molar refractivity (Wildman–Crippen MR) is 151 cm³/mol. The molecule has 0 atom stereocenters. The van der Waals surface area contributed by atoms with E-state index in [1.54, 1.807) is 7.11 Å². The van der Waals surface area contributed by atoms with Gasteiger partial charge in [0, 0.05) is 55.6 Å². The molecule has 0 saturated carbocycles. The van der Waals surface area contributed by atoms with E-state index in [1.807, 2.05) is 65.7 Å². The maximum atomic E-state index is 13.2. The maximum absolute atomic E-state index is 13.2. The van der Waals surface area contributed by atoms with Gasteiger partial charge < -0.3 is 14.4 Å². The molecule has 1 aliphatic heterocycles. The van der Waals surface area contributed by atoms with Crippen molar-refractivity contribution in [3.05, 3.63) is 95.1 Å². The average molecular weight is 533 g/mol. The highest BCUT2D eigenvalue weighted by molar-refractivity contribution is 8.00. The van der Waals surface area contributed by atoms with Crippen molar-refractivity contribution in [2.24, 2.45) is 0 Å². The molecule has 4 aromatic rings. The number of para-hydroxylation sites is 1. The molecule has 37 heavy (non-hydrogen) atoms. The van der Waals surface area contributed by atoms with Gasteiger partial charge in [-0.25, -0.2) is 0 Å². The highest BCUT2D eigenvalue weighted by Crippen LogP contribution is 2.28. The highest BCUT2D eigenvalue weighted by atomic mass is 35.5. The Balaban J connectivity index is 1.16. The lowest BCUT2D eigenvalue weighted by Crippen LogP contribution is -2.35. The van der Waals surface area contributed by atoms with E-state index in [1.165, 1.54) is 11.9 Å². The van der Waals surface area contributed by atoms with Gasteiger partial charge in [0.05, 0.1) is 22.5 Å². The summed E-state index contributed by atoms with van der Waals surface area (Å²) in [5.74, 6) is 0.759. The third kappa shape index (κ3) is 6.18. The fourth-order valence-corrected chi connectivity index (χ4v) is 5.59. The number of hydrogen-bond donors (Lipinski definition) is 1. The lowest BCUT2D eigenvalue weighted by atomic mass is 10.2. The average Bonchev–Trinajstić information content (AvgIpc) is 3.17. The molecule has 1 amide bonds. The van der Waals surface area contributed by atoms with E-state index < -0.39 is 0 Å². The zero-order chi connectivity index (χ0) is 25.6. The van der Waals surface area contributed by atoms with Crippen LogP contribution in [0, 0.1) is 0 Å². The van der Waals surface area contributed by atoms with Gasteiger partial charge in [-0.15, -0.1) is 0 Å². The normalized spacial score (nSPS) is 14.4. The number of amides is 1. The van der Waals surface area contributed by atoms with Gasteiger partial charge >= 0.3 is 0 Å². The van der Waals surface area contributed by atoms with Crippen molar-refractivity contribution in [1.29, 1.82) is 0 Å². The zero-order valence-corrected chi connectivity index (χ0v) is 22.3. The molecule has 8 heteroatoms. The van der Waals surface area contributed by atoms with Crippen LogP contribution >= 0.6 is 23.5 Å². The van der Waals surface area contributed by atoms with Crippen molar-refractivity contribution in [2.45, 2.75) is 17.9 Å². The fraction of sp³-hybridized carbons (Fsp3) is 0.241. The molecule has 190 valence electrons. The number of nitrogens with one attached hydrogen (secondary N) is 1. The van der Waals surface area contributed by atoms with Gasteiger partial charge in [-0.3, -0.25) is 14.7 Å². The number of carbonyl (C=O) groups is 1. The minimum atomic E-state index is 0.0757. The van der Waals surface area contributed by atoms with Crippen LogP contribution in [0.2, 0.25) is 5.02 Å². The second-order valence-corrected chi connectivity index (χ2v) is 10.3. The minimum Gasteiger partial charge on any atom is -0.495 e. The van der Waals surface area contributed by atoms with Gasteiger partial charge in [-0.1, -0.05) is 35.9 Å². The first-order valence-electron chi connectivity index (χ1n) is 12.3. The maximum Gasteiger partial charge on any atom is 0.253 e. The van der Waals surface area contributed by atoms with E-state index in [2.05, 4.69) is 32.8 Å². The number of aromatic nitrogens is 1. The van der Waals surface area contributed by atoms with Crippen LogP contribution in [0.4, 0.5) is 5.69 Å². The molecule has 0 spiro atoms. The predicted octanol–water partition coefficient (Wildman–Crippen LogP) is 6.36. The van der Waals surface area contributed by atoms with Gasteiger partial charge in [-0.05, 0) is 72.5 Å². The Labute approximate surface area is 226 Å². The van der Waals surface area contributed by atoms with E-state index in [0.717, 1.165) is 59.6 Å². The molecule has 0 aliphatic carbocycles. The molecule has 1 N–H and O–H groups in total. The molecule has 1 saturated heterocycles. The first-order valence-corrected chi connectivity index (χ1v) is 13.5. The van der Waals surface area contributed by atoms with Crippen LogP contribution in [0.5, 0.6) is 5.75 Å². The second kappa shape index (κ2) is 11.9. The SMILES string of the molecule is COc1ccc(CN2CCCN(C(=O)c3ccc(NSc4cccc5cccnc45)cc3)CC2)cc1Cl. The Hall–Kier alpha value is -3.26. The molecule has 0 radical (unpaired) electrons. The van der Waals surface area contributed by atoms with Gasteiger partial charge in [0.1, 0.15) is 5.75 Å². The molecule has 2 heterocycles. The zero-order valence-electron chi connectivity index (χ0n) is 20.7. The molecule has 0 bridgehead atoms. The minimum absolute atomic E-state index is 0.0757.